The van der Waals surface area contributed by atoms with Crippen LogP contribution in [-0.4, -0.2) is 29.2 Å². The molecule has 0 radical (unpaired) electrons. The van der Waals surface area contributed by atoms with Crippen molar-refractivity contribution in [1.82, 2.24) is 10.2 Å². The molecule has 0 spiro atoms. The van der Waals surface area contributed by atoms with Crippen LogP contribution in [0.1, 0.15) is 49.6 Å². The summed E-state index contributed by atoms with van der Waals surface area (Å²) in [4.78, 5) is 38.3. The third-order valence-electron chi connectivity index (χ3n) is 4.26. The lowest BCUT2D eigenvalue weighted by Crippen LogP contribution is -2.29. The molecule has 2 aromatic carbocycles. The Hall–Kier alpha value is -2.73. The smallest absolute Gasteiger partial charge is 0.261 e. The summed E-state index contributed by atoms with van der Waals surface area (Å²) in [6.07, 6.45) is 1.49. The van der Waals surface area contributed by atoms with Crippen molar-refractivity contribution in [3.05, 3.63) is 81.8 Å². The number of carbonyl (C=O) groups is 3. The van der Waals surface area contributed by atoms with Crippen molar-refractivity contribution in [2.75, 3.05) is 6.54 Å². The summed E-state index contributed by atoms with van der Waals surface area (Å²) in [6, 6.07) is 12.0. The van der Waals surface area contributed by atoms with Crippen molar-refractivity contribution in [1.29, 1.82) is 0 Å². The molecule has 5 nitrogen and oxygen atoms in total. The minimum atomic E-state index is -0.404. The van der Waals surface area contributed by atoms with E-state index in [9.17, 15) is 14.4 Å². The van der Waals surface area contributed by atoms with Gasteiger partial charge in [-0.2, -0.15) is 0 Å². The fraction of sp³-hybridized carbons (Fsp3) is 0.150. The monoisotopic (exact) mass is 412 g/mol. The number of benzene rings is 2. The Morgan fingerprint density at radius 3 is 2.58 bits per heavy atom. The van der Waals surface area contributed by atoms with Crippen LogP contribution >= 0.6 is 15.9 Å². The standard InChI is InChI=1S/C20H17BrN2O3/c1-3-10-23-19(25)15-9-8-13(11-16(15)20(23)26)18(24)22-12(2)14-6-4-5-7-17(14)21/h3-9,11-12H,1,10H2,2H3,(H,22,24)/t12-/m1/s1. The lowest BCUT2D eigenvalue weighted by atomic mass is 10.0. The van der Waals surface area contributed by atoms with Gasteiger partial charge in [-0.25, -0.2) is 0 Å². The van der Waals surface area contributed by atoms with Crippen LogP contribution in [0.4, 0.5) is 0 Å². The van der Waals surface area contributed by atoms with E-state index in [-0.39, 0.29) is 30.0 Å². The van der Waals surface area contributed by atoms with Crippen molar-refractivity contribution in [2.45, 2.75) is 13.0 Å². The Labute approximate surface area is 159 Å². The van der Waals surface area contributed by atoms with Crippen molar-refractivity contribution in [3.8, 4) is 0 Å². The van der Waals surface area contributed by atoms with Gasteiger partial charge in [0.1, 0.15) is 0 Å². The highest BCUT2D eigenvalue weighted by Crippen LogP contribution is 2.25. The Bertz CT molecular complexity index is 923. The van der Waals surface area contributed by atoms with Crippen molar-refractivity contribution < 1.29 is 14.4 Å². The summed E-state index contributed by atoms with van der Waals surface area (Å²) in [7, 11) is 0. The molecule has 2 aromatic rings. The predicted molar refractivity (Wildman–Crippen MR) is 102 cm³/mol. The molecule has 0 bridgehead atoms. The van der Waals surface area contributed by atoms with Crippen LogP contribution in [-0.2, 0) is 0 Å². The lowest BCUT2D eigenvalue weighted by molar-refractivity contribution is 0.0672. The second kappa shape index (κ2) is 7.25. The molecule has 0 aliphatic carbocycles. The third kappa shape index (κ3) is 3.20. The fourth-order valence-corrected chi connectivity index (χ4v) is 3.54. The minimum Gasteiger partial charge on any atom is -0.345 e. The summed E-state index contributed by atoms with van der Waals surface area (Å²) in [6.45, 7) is 5.58. The first-order valence-electron chi connectivity index (χ1n) is 8.10. The van der Waals surface area contributed by atoms with Gasteiger partial charge in [-0.3, -0.25) is 19.3 Å². The molecule has 0 unspecified atom stereocenters. The van der Waals surface area contributed by atoms with Gasteiger partial charge in [-0.05, 0) is 36.8 Å². The lowest BCUT2D eigenvalue weighted by Gasteiger charge is -2.16. The maximum Gasteiger partial charge on any atom is 0.261 e. The Balaban J connectivity index is 1.83. The molecule has 0 saturated carbocycles. The van der Waals surface area contributed by atoms with E-state index in [1.54, 1.807) is 6.07 Å². The van der Waals surface area contributed by atoms with E-state index in [4.69, 9.17) is 0 Å². The van der Waals surface area contributed by atoms with Crippen LogP contribution in [0.3, 0.4) is 0 Å². The maximum absolute atomic E-state index is 12.6. The Morgan fingerprint density at radius 2 is 1.88 bits per heavy atom. The molecule has 132 valence electrons. The highest BCUT2D eigenvalue weighted by molar-refractivity contribution is 9.10. The molecule has 0 fully saturated rings. The molecule has 3 amide bonds. The highest BCUT2D eigenvalue weighted by Gasteiger charge is 2.35. The largest absolute Gasteiger partial charge is 0.345 e. The predicted octanol–water partition coefficient (Wildman–Crippen LogP) is 3.72. The molecular weight excluding hydrogens is 396 g/mol. The molecule has 1 heterocycles. The first-order chi connectivity index (χ1) is 12.4. The number of hydrogen-bond donors (Lipinski definition) is 1. The molecule has 6 heteroatoms. The molecule has 3 rings (SSSR count). The molecule has 0 aromatic heterocycles. The first-order valence-corrected chi connectivity index (χ1v) is 8.89. The number of rotatable bonds is 5. The average Bonchev–Trinajstić information content (AvgIpc) is 2.87. The fourth-order valence-electron chi connectivity index (χ4n) is 2.91. The van der Waals surface area contributed by atoms with Crippen LogP contribution < -0.4 is 5.32 Å². The summed E-state index contributed by atoms with van der Waals surface area (Å²) in [5.74, 6) is -1.07. The van der Waals surface area contributed by atoms with Crippen molar-refractivity contribution in [3.63, 3.8) is 0 Å². The van der Waals surface area contributed by atoms with E-state index >= 15 is 0 Å². The van der Waals surface area contributed by atoms with E-state index < -0.39 is 5.91 Å². The minimum absolute atomic E-state index is 0.146. The molecule has 26 heavy (non-hydrogen) atoms. The summed E-state index contributed by atoms with van der Waals surface area (Å²) in [5.41, 5.74) is 1.85. The number of carbonyl (C=O) groups excluding carboxylic acids is 3. The third-order valence-corrected chi connectivity index (χ3v) is 4.99. The average molecular weight is 413 g/mol. The van der Waals surface area contributed by atoms with Crippen LogP contribution in [0.25, 0.3) is 0 Å². The number of halogens is 1. The number of fused-ring (bicyclic) bond motifs is 1. The van der Waals surface area contributed by atoms with E-state index in [1.807, 2.05) is 31.2 Å². The van der Waals surface area contributed by atoms with Gasteiger partial charge in [-0.1, -0.05) is 40.2 Å². The molecular formula is C20H17BrN2O3. The van der Waals surface area contributed by atoms with E-state index in [0.717, 1.165) is 14.9 Å². The van der Waals surface area contributed by atoms with Gasteiger partial charge in [0.15, 0.2) is 0 Å². The van der Waals surface area contributed by atoms with Gasteiger partial charge in [0.05, 0.1) is 17.2 Å². The maximum atomic E-state index is 12.6. The van der Waals surface area contributed by atoms with Crippen LogP contribution in [0.2, 0.25) is 0 Å². The summed E-state index contributed by atoms with van der Waals surface area (Å²) in [5, 5.41) is 2.91. The molecule has 1 aliphatic heterocycles. The van der Waals surface area contributed by atoms with E-state index in [0.29, 0.717) is 11.1 Å². The normalized spacial score (nSPS) is 14.2. The van der Waals surface area contributed by atoms with Gasteiger partial charge in [0.25, 0.3) is 17.7 Å². The molecule has 1 N–H and O–H groups in total. The first kappa shape index (κ1) is 18.1. The van der Waals surface area contributed by atoms with Crippen LogP contribution in [0, 0.1) is 0 Å². The van der Waals surface area contributed by atoms with Crippen LogP contribution in [0.5, 0.6) is 0 Å². The van der Waals surface area contributed by atoms with Gasteiger partial charge < -0.3 is 5.32 Å². The zero-order chi connectivity index (χ0) is 18.8. The number of hydrogen-bond acceptors (Lipinski definition) is 3. The van der Waals surface area contributed by atoms with Gasteiger partial charge in [0.2, 0.25) is 0 Å². The number of amides is 3. The van der Waals surface area contributed by atoms with Gasteiger partial charge >= 0.3 is 0 Å². The number of imide groups is 1. The van der Waals surface area contributed by atoms with Crippen molar-refractivity contribution in [2.24, 2.45) is 0 Å². The molecule has 1 atom stereocenters. The summed E-state index contributed by atoms with van der Waals surface area (Å²) >= 11 is 3.47. The Kier molecular flexibility index (Phi) is 5.04. The van der Waals surface area contributed by atoms with E-state index in [2.05, 4.69) is 27.8 Å². The van der Waals surface area contributed by atoms with Gasteiger partial charge in [-0.15, -0.1) is 6.58 Å². The SMILES string of the molecule is C=CCN1C(=O)c2ccc(C(=O)N[C@H](C)c3ccccc3Br)cc2C1=O. The quantitative estimate of drug-likeness (QED) is 0.600. The van der Waals surface area contributed by atoms with Gasteiger partial charge in [0, 0.05) is 16.6 Å². The number of nitrogens with zero attached hydrogens (tertiary/aromatic N) is 1. The van der Waals surface area contributed by atoms with E-state index in [1.165, 1.54) is 18.2 Å². The van der Waals surface area contributed by atoms with Crippen LogP contribution in [0.15, 0.2) is 59.6 Å². The summed E-state index contributed by atoms with van der Waals surface area (Å²) < 4.78 is 0.905. The zero-order valence-electron chi connectivity index (χ0n) is 14.2. The zero-order valence-corrected chi connectivity index (χ0v) is 15.7. The Morgan fingerprint density at radius 1 is 1.19 bits per heavy atom. The molecule has 0 saturated heterocycles. The second-order valence-corrected chi connectivity index (χ2v) is 6.84. The van der Waals surface area contributed by atoms with Crippen molar-refractivity contribution >= 4 is 33.7 Å². The molecule has 1 aliphatic rings. The highest BCUT2D eigenvalue weighted by atomic mass is 79.9. The number of nitrogens with one attached hydrogen (secondary N) is 1. The second-order valence-electron chi connectivity index (χ2n) is 5.99. The topological polar surface area (TPSA) is 66.5 Å².